The zero-order valence-corrected chi connectivity index (χ0v) is 17.4. The Balaban J connectivity index is 0.00000193. The third kappa shape index (κ3) is 3.39. The summed E-state index contributed by atoms with van der Waals surface area (Å²) in [4.78, 5) is 5.32. The molecule has 2 saturated heterocycles. The first-order chi connectivity index (χ1) is 14.3. The lowest BCUT2D eigenvalue weighted by Crippen LogP contribution is -2.54. The molecule has 4 aliphatic rings. The molecule has 0 aromatic heterocycles. The fraction of sp³-hybridized carbons (Fsp3) is 0.538. The molecule has 1 unspecified atom stereocenters. The highest BCUT2D eigenvalue weighted by atomic mass is 16.5. The van der Waals surface area contributed by atoms with Crippen LogP contribution in [-0.2, 0) is 25.9 Å². The number of rotatable bonds is 2. The summed E-state index contributed by atoms with van der Waals surface area (Å²) in [6, 6.07) is 16.7. The number of fused-ring (bicyclic) bond motifs is 3. The van der Waals surface area contributed by atoms with Gasteiger partial charge in [0, 0.05) is 52.9 Å². The van der Waals surface area contributed by atoms with Gasteiger partial charge in [-0.05, 0) is 54.1 Å². The number of ether oxygens (including phenoxy) is 1. The zero-order chi connectivity index (χ0) is 19.3. The molecule has 0 bridgehead atoms. The average Bonchev–Trinajstić information content (AvgIpc) is 3.10. The lowest BCUT2D eigenvalue weighted by molar-refractivity contribution is -0.0249. The van der Waals surface area contributed by atoms with Crippen molar-refractivity contribution >= 4 is 0 Å². The highest BCUT2D eigenvalue weighted by Crippen LogP contribution is 2.44. The van der Waals surface area contributed by atoms with E-state index in [-0.39, 0.29) is 7.03 Å². The van der Waals surface area contributed by atoms with Crippen LogP contribution in [0.25, 0.3) is 0 Å². The van der Waals surface area contributed by atoms with Gasteiger partial charge in [-0.2, -0.15) is 0 Å². The maximum Gasteiger partial charge on any atom is 0.123 e. The van der Waals surface area contributed by atoms with E-state index >= 15 is 0 Å². The van der Waals surface area contributed by atoms with E-state index in [1.807, 2.05) is 0 Å². The highest BCUT2D eigenvalue weighted by Gasteiger charge is 2.46. The molecule has 6 rings (SSSR count). The summed E-state index contributed by atoms with van der Waals surface area (Å²) in [5.41, 5.74) is 6.00. The first kappa shape index (κ1) is 18.0. The van der Waals surface area contributed by atoms with E-state index in [1.54, 1.807) is 0 Å². The van der Waals surface area contributed by atoms with Gasteiger partial charge in [0.05, 0.1) is 0 Å². The maximum absolute atomic E-state index is 6.64. The van der Waals surface area contributed by atoms with Crippen LogP contribution in [0.2, 0.25) is 0 Å². The predicted octanol–water partition coefficient (Wildman–Crippen LogP) is 4.81. The summed E-state index contributed by atoms with van der Waals surface area (Å²) >= 11 is 0. The van der Waals surface area contributed by atoms with Crippen molar-refractivity contribution in [2.75, 3.05) is 19.6 Å². The average molecular weight is 391 g/mol. The van der Waals surface area contributed by atoms with Crippen LogP contribution in [0.5, 0.6) is 5.75 Å². The van der Waals surface area contributed by atoms with Crippen molar-refractivity contribution < 1.29 is 6.16 Å². The van der Waals surface area contributed by atoms with Gasteiger partial charge in [0.1, 0.15) is 11.4 Å². The van der Waals surface area contributed by atoms with Crippen LogP contribution in [0.1, 0.15) is 55.8 Å². The lowest BCUT2D eigenvalue weighted by Gasteiger charge is -2.46. The summed E-state index contributed by atoms with van der Waals surface area (Å²) in [6.45, 7) is 5.80. The van der Waals surface area contributed by atoms with Gasteiger partial charge in [-0.1, -0.05) is 42.8 Å². The van der Waals surface area contributed by atoms with Crippen molar-refractivity contribution in [1.82, 2.24) is 9.80 Å². The summed E-state index contributed by atoms with van der Waals surface area (Å²) in [5, 5.41) is 0. The van der Waals surface area contributed by atoms with Gasteiger partial charge in [0.2, 0.25) is 0 Å². The molecule has 2 aromatic carbocycles. The minimum Gasteiger partial charge on any atom is -0.487 e. The van der Waals surface area contributed by atoms with Crippen LogP contribution in [0.15, 0.2) is 42.5 Å². The van der Waals surface area contributed by atoms with Gasteiger partial charge in [-0.15, -0.1) is 0 Å². The van der Waals surface area contributed by atoms with Gasteiger partial charge < -0.3 is 9.64 Å². The topological polar surface area (TPSA) is 15.7 Å². The van der Waals surface area contributed by atoms with E-state index in [4.69, 9.17) is 4.74 Å². The SMILES string of the molecule is [HH].c1ccc2c(c1)CCN(Cc1ccc3c(c1)C[C@]1(CCN4CCCCC4C1)O3)C2. The van der Waals surface area contributed by atoms with Gasteiger partial charge in [0.25, 0.3) is 0 Å². The number of benzene rings is 2. The Labute approximate surface area is 176 Å². The molecule has 29 heavy (non-hydrogen) atoms. The summed E-state index contributed by atoms with van der Waals surface area (Å²) < 4.78 is 6.64. The van der Waals surface area contributed by atoms with Crippen LogP contribution in [0.4, 0.5) is 0 Å². The number of hydrogen-bond acceptors (Lipinski definition) is 3. The normalized spacial score (nSPS) is 29.2. The van der Waals surface area contributed by atoms with Crippen molar-refractivity contribution in [2.24, 2.45) is 0 Å². The molecule has 2 atom stereocenters. The monoisotopic (exact) mass is 390 g/mol. The molecule has 2 aromatic rings. The number of hydrogen-bond donors (Lipinski definition) is 0. The quantitative estimate of drug-likeness (QED) is 0.732. The van der Waals surface area contributed by atoms with Crippen molar-refractivity contribution in [3.8, 4) is 5.75 Å². The molecular weight excluding hydrogens is 356 g/mol. The smallest absolute Gasteiger partial charge is 0.123 e. The molecule has 154 valence electrons. The van der Waals surface area contributed by atoms with Crippen LogP contribution in [0, 0.1) is 0 Å². The third-order valence-corrected chi connectivity index (χ3v) is 7.79. The molecule has 0 radical (unpaired) electrons. The second kappa shape index (κ2) is 7.14. The molecule has 3 heteroatoms. The molecule has 1 spiro atoms. The lowest BCUT2D eigenvalue weighted by atomic mass is 9.80. The Morgan fingerprint density at radius 1 is 1.00 bits per heavy atom. The van der Waals surface area contributed by atoms with Crippen molar-refractivity contribution in [3.63, 3.8) is 0 Å². The molecule has 0 amide bonds. The molecule has 0 saturated carbocycles. The maximum atomic E-state index is 6.64. The molecule has 4 heterocycles. The van der Waals surface area contributed by atoms with Crippen LogP contribution < -0.4 is 4.74 Å². The molecular formula is C26H34N2O. The van der Waals surface area contributed by atoms with Crippen molar-refractivity contribution in [3.05, 3.63) is 64.7 Å². The second-order valence-corrected chi connectivity index (χ2v) is 9.77. The number of nitrogens with zero attached hydrogens (tertiary/aromatic N) is 2. The number of piperidine rings is 2. The first-order valence-electron chi connectivity index (χ1n) is 11.6. The van der Waals surface area contributed by atoms with E-state index < -0.39 is 0 Å². The van der Waals surface area contributed by atoms with E-state index in [1.165, 1.54) is 73.9 Å². The van der Waals surface area contributed by atoms with E-state index in [9.17, 15) is 0 Å². The Kier molecular flexibility index (Phi) is 4.42. The fourth-order valence-electron chi connectivity index (χ4n) is 6.25. The zero-order valence-electron chi connectivity index (χ0n) is 17.4. The Hall–Kier alpha value is -1.84. The third-order valence-electron chi connectivity index (χ3n) is 7.79. The predicted molar refractivity (Wildman–Crippen MR) is 118 cm³/mol. The van der Waals surface area contributed by atoms with Crippen LogP contribution >= 0.6 is 0 Å². The standard InChI is InChI=1S/C26H32N2O.H2/c1-2-6-22-19-27(13-10-21(22)5-1)18-20-8-9-25-23(15-20)16-26(29-25)11-14-28-12-4-3-7-24(28)17-26;/h1-2,5-6,8-9,15,24H,3-4,7,10-14,16-19H2;1H/t24?,26-;/m0./s1. The molecule has 3 nitrogen and oxygen atoms in total. The Morgan fingerprint density at radius 3 is 2.90 bits per heavy atom. The van der Waals surface area contributed by atoms with E-state index in [0.717, 1.165) is 37.8 Å². The van der Waals surface area contributed by atoms with Crippen molar-refractivity contribution in [2.45, 2.75) is 69.7 Å². The van der Waals surface area contributed by atoms with Crippen molar-refractivity contribution in [1.29, 1.82) is 0 Å². The minimum absolute atomic E-state index is 0. The highest BCUT2D eigenvalue weighted by molar-refractivity contribution is 5.43. The van der Waals surface area contributed by atoms with Gasteiger partial charge >= 0.3 is 0 Å². The largest absolute Gasteiger partial charge is 0.487 e. The van der Waals surface area contributed by atoms with Gasteiger partial charge in [0.15, 0.2) is 0 Å². The van der Waals surface area contributed by atoms with Gasteiger partial charge in [-0.3, -0.25) is 4.90 Å². The summed E-state index contributed by atoms with van der Waals surface area (Å²) in [6.07, 6.45) is 8.84. The van der Waals surface area contributed by atoms with Crippen LogP contribution in [0.3, 0.4) is 0 Å². The molecule has 0 N–H and O–H groups in total. The fourth-order valence-corrected chi connectivity index (χ4v) is 6.25. The van der Waals surface area contributed by atoms with E-state index in [0.29, 0.717) is 0 Å². The Bertz CT molecular complexity index is 916. The van der Waals surface area contributed by atoms with E-state index in [2.05, 4.69) is 52.3 Å². The Morgan fingerprint density at radius 2 is 1.93 bits per heavy atom. The van der Waals surface area contributed by atoms with Gasteiger partial charge in [-0.25, -0.2) is 0 Å². The first-order valence-corrected chi connectivity index (χ1v) is 11.6. The summed E-state index contributed by atoms with van der Waals surface area (Å²) in [7, 11) is 0. The second-order valence-electron chi connectivity index (χ2n) is 9.77. The van der Waals surface area contributed by atoms with Crippen LogP contribution in [-0.4, -0.2) is 41.1 Å². The molecule has 4 aliphatic heterocycles. The minimum atomic E-state index is 0. The molecule has 2 fully saturated rings. The molecule has 0 aliphatic carbocycles. The summed E-state index contributed by atoms with van der Waals surface area (Å²) in [5.74, 6) is 1.15.